The molecule has 5 heteroatoms. The number of sulfonamides is 1. The van der Waals surface area contributed by atoms with Crippen LogP contribution in [0, 0.1) is 0 Å². The molecule has 1 aromatic rings. The van der Waals surface area contributed by atoms with Gasteiger partial charge in [0.05, 0.1) is 4.90 Å². The van der Waals surface area contributed by atoms with Crippen LogP contribution in [0.3, 0.4) is 0 Å². The molecule has 0 aliphatic rings. The smallest absolute Gasteiger partial charge is 0.240 e. The van der Waals surface area contributed by atoms with Crippen molar-refractivity contribution in [3.05, 3.63) is 29.8 Å². The normalized spacial score (nSPS) is 15.3. The zero-order valence-electron chi connectivity index (χ0n) is 11.2. The summed E-state index contributed by atoms with van der Waals surface area (Å²) >= 11 is 0. The summed E-state index contributed by atoms with van der Waals surface area (Å²) in [5.74, 6) is 0.442. The Labute approximate surface area is 110 Å². The number of nitrogens with two attached hydrogens (primary N) is 1. The molecule has 0 fully saturated rings. The highest BCUT2D eigenvalue weighted by atomic mass is 32.2. The van der Waals surface area contributed by atoms with Crippen LogP contribution in [0.4, 0.5) is 0 Å². The molecule has 2 atom stereocenters. The Hall–Kier alpha value is -0.910. The zero-order chi connectivity index (χ0) is 13.8. The van der Waals surface area contributed by atoms with Gasteiger partial charge in [0, 0.05) is 12.6 Å². The lowest BCUT2D eigenvalue weighted by Crippen LogP contribution is -2.37. The molecule has 3 N–H and O–H groups in total. The molecule has 0 saturated heterocycles. The number of benzene rings is 1. The summed E-state index contributed by atoms with van der Waals surface area (Å²) in [6.07, 6.45) is 1.04. The number of nitrogens with one attached hydrogen (secondary N) is 1. The molecule has 0 amide bonds. The first-order chi connectivity index (χ1) is 8.40. The molecule has 0 aliphatic heterocycles. The van der Waals surface area contributed by atoms with Crippen molar-refractivity contribution >= 4 is 10.0 Å². The Balaban J connectivity index is 2.91. The van der Waals surface area contributed by atoms with Gasteiger partial charge in [0.25, 0.3) is 0 Å². The fourth-order valence-corrected chi connectivity index (χ4v) is 2.85. The third kappa shape index (κ3) is 3.80. The summed E-state index contributed by atoms with van der Waals surface area (Å²) in [4.78, 5) is 0.287. The minimum atomic E-state index is -3.45. The van der Waals surface area contributed by atoms with E-state index in [1.165, 1.54) is 0 Å². The van der Waals surface area contributed by atoms with Crippen LogP contribution in [0.25, 0.3) is 0 Å². The molecule has 4 nitrogen and oxygen atoms in total. The maximum absolute atomic E-state index is 12.0. The third-order valence-electron chi connectivity index (χ3n) is 3.08. The van der Waals surface area contributed by atoms with E-state index in [9.17, 15) is 8.42 Å². The van der Waals surface area contributed by atoms with Crippen molar-refractivity contribution in [2.45, 2.75) is 44.0 Å². The van der Waals surface area contributed by atoms with E-state index in [4.69, 9.17) is 5.73 Å². The fraction of sp³-hybridized carbons (Fsp3) is 0.538. The lowest BCUT2D eigenvalue weighted by molar-refractivity contribution is 0.562. The van der Waals surface area contributed by atoms with Gasteiger partial charge in [0.1, 0.15) is 0 Å². The Morgan fingerprint density at radius 3 is 2.22 bits per heavy atom. The van der Waals surface area contributed by atoms with Crippen molar-refractivity contribution in [3.63, 3.8) is 0 Å². The molecule has 1 rings (SSSR count). The first-order valence-corrected chi connectivity index (χ1v) is 7.71. The molecular formula is C13H22N2O2S. The van der Waals surface area contributed by atoms with E-state index >= 15 is 0 Å². The molecule has 18 heavy (non-hydrogen) atoms. The van der Waals surface area contributed by atoms with Gasteiger partial charge in [0.15, 0.2) is 0 Å². The minimum absolute atomic E-state index is 0.260. The van der Waals surface area contributed by atoms with E-state index in [0.717, 1.165) is 12.0 Å². The predicted molar refractivity (Wildman–Crippen MR) is 74.0 cm³/mol. The molecule has 0 radical (unpaired) electrons. The molecule has 0 heterocycles. The maximum atomic E-state index is 12.0. The van der Waals surface area contributed by atoms with Gasteiger partial charge in [-0.3, -0.25) is 0 Å². The van der Waals surface area contributed by atoms with Gasteiger partial charge in [-0.05, 0) is 37.0 Å². The average molecular weight is 270 g/mol. The first-order valence-electron chi connectivity index (χ1n) is 6.23. The fourth-order valence-electron chi connectivity index (χ4n) is 1.59. The predicted octanol–water partition coefficient (Wildman–Crippen LogP) is 1.83. The Morgan fingerprint density at radius 1 is 1.22 bits per heavy atom. The standard InChI is InChI=1S/C13H22N2O2S/c1-4-10(2)12-5-7-13(8-6-12)18(16,17)15-11(3)9-14/h5-8,10-11,15H,4,9,14H2,1-3H3. The molecule has 2 unspecified atom stereocenters. The molecule has 0 aliphatic carbocycles. The molecule has 0 spiro atoms. The third-order valence-corrected chi connectivity index (χ3v) is 4.69. The summed E-state index contributed by atoms with van der Waals surface area (Å²) in [7, 11) is -3.45. The van der Waals surface area contributed by atoms with Crippen molar-refractivity contribution < 1.29 is 8.42 Å². The number of hydrogen-bond donors (Lipinski definition) is 2. The van der Waals surface area contributed by atoms with E-state index in [1.807, 2.05) is 12.1 Å². The van der Waals surface area contributed by atoms with E-state index in [1.54, 1.807) is 19.1 Å². The van der Waals surface area contributed by atoms with Crippen LogP contribution >= 0.6 is 0 Å². The Kier molecular flexibility index (Phi) is 5.31. The van der Waals surface area contributed by atoms with Gasteiger partial charge in [-0.25, -0.2) is 13.1 Å². The molecule has 1 aromatic carbocycles. The summed E-state index contributed by atoms with van der Waals surface area (Å²) in [5, 5.41) is 0. The highest BCUT2D eigenvalue weighted by Crippen LogP contribution is 2.20. The number of rotatable bonds is 6. The van der Waals surface area contributed by atoms with Gasteiger partial charge in [-0.1, -0.05) is 26.0 Å². The molecule has 102 valence electrons. The van der Waals surface area contributed by atoms with Crippen LogP contribution in [0.2, 0.25) is 0 Å². The van der Waals surface area contributed by atoms with Gasteiger partial charge >= 0.3 is 0 Å². The first kappa shape index (κ1) is 15.1. The van der Waals surface area contributed by atoms with Crippen molar-refractivity contribution in [3.8, 4) is 0 Å². The SMILES string of the molecule is CCC(C)c1ccc(S(=O)(=O)NC(C)CN)cc1. The minimum Gasteiger partial charge on any atom is -0.329 e. The highest BCUT2D eigenvalue weighted by molar-refractivity contribution is 7.89. The number of hydrogen-bond acceptors (Lipinski definition) is 3. The Bertz CT molecular complexity index is 468. The van der Waals surface area contributed by atoms with Crippen LogP contribution in [0.1, 0.15) is 38.7 Å². The second-order valence-corrected chi connectivity index (χ2v) is 6.35. The van der Waals surface area contributed by atoms with Crippen LogP contribution in [0.15, 0.2) is 29.2 Å². The van der Waals surface area contributed by atoms with Gasteiger partial charge in [0.2, 0.25) is 10.0 Å². The average Bonchev–Trinajstić information content (AvgIpc) is 2.37. The summed E-state index contributed by atoms with van der Waals surface area (Å²) in [6, 6.07) is 6.77. The lowest BCUT2D eigenvalue weighted by atomic mass is 9.99. The van der Waals surface area contributed by atoms with Crippen LogP contribution in [-0.2, 0) is 10.0 Å². The van der Waals surface area contributed by atoms with Crippen LogP contribution in [0.5, 0.6) is 0 Å². The van der Waals surface area contributed by atoms with E-state index < -0.39 is 10.0 Å². The van der Waals surface area contributed by atoms with Crippen molar-refractivity contribution in [1.29, 1.82) is 0 Å². The van der Waals surface area contributed by atoms with Crippen molar-refractivity contribution in [1.82, 2.24) is 4.72 Å². The quantitative estimate of drug-likeness (QED) is 0.828. The molecule has 0 saturated carbocycles. The highest BCUT2D eigenvalue weighted by Gasteiger charge is 2.16. The Morgan fingerprint density at radius 2 is 1.78 bits per heavy atom. The topological polar surface area (TPSA) is 72.2 Å². The second kappa shape index (κ2) is 6.31. The van der Waals surface area contributed by atoms with E-state index in [-0.39, 0.29) is 17.5 Å². The second-order valence-electron chi connectivity index (χ2n) is 4.64. The van der Waals surface area contributed by atoms with Crippen molar-refractivity contribution in [2.75, 3.05) is 6.54 Å². The lowest BCUT2D eigenvalue weighted by Gasteiger charge is -2.13. The van der Waals surface area contributed by atoms with E-state index in [0.29, 0.717) is 5.92 Å². The van der Waals surface area contributed by atoms with Crippen LogP contribution < -0.4 is 10.5 Å². The van der Waals surface area contributed by atoms with Gasteiger partial charge in [-0.15, -0.1) is 0 Å². The molecule has 0 aromatic heterocycles. The summed E-state index contributed by atoms with van der Waals surface area (Å²) < 4.78 is 26.5. The van der Waals surface area contributed by atoms with E-state index in [2.05, 4.69) is 18.6 Å². The largest absolute Gasteiger partial charge is 0.329 e. The summed E-state index contributed by atoms with van der Waals surface area (Å²) in [5.41, 5.74) is 6.57. The van der Waals surface area contributed by atoms with Gasteiger partial charge in [-0.2, -0.15) is 0 Å². The molecule has 0 bridgehead atoms. The zero-order valence-corrected chi connectivity index (χ0v) is 12.0. The monoisotopic (exact) mass is 270 g/mol. The van der Waals surface area contributed by atoms with Crippen molar-refractivity contribution in [2.24, 2.45) is 5.73 Å². The van der Waals surface area contributed by atoms with Crippen LogP contribution in [-0.4, -0.2) is 21.0 Å². The molecular weight excluding hydrogens is 248 g/mol. The van der Waals surface area contributed by atoms with Gasteiger partial charge < -0.3 is 5.73 Å². The summed E-state index contributed by atoms with van der Waals surface area (Å²) in [6.45, 7) is 6.26. The maximum Gasteiger partial charge on any atom is 0.240 e.